The van der Waals surface area contributed by atoms with Crippen LogP contribution >= 0.6 is 0 Å². The molecule has 1 aliphatic carbocycles. The maximum absolute atomic E-state index is 12.8. The molecule has 2 aliphatic rings. The van der Waals surface area contributed by atoms with E-state index < -0.39 is 23.8 Å². The van der Waals surface area contributed by atoms with E-state index in [0.717, 1.165) is 12.1 Å². The highest BCUT2D eigenvalue weighted by molar-refractivity contribution is 6.10. The molecule has 0 aromatic heterocycles. The van der Waals surface area contributed by atoms with Gasteiger partial charge in [-0.25, -0.2) is 0 Å². The average molecular weight is 364 g/mol. The van der Waals surface area contributed by atoms with Gasteiger partial charge in [0.05, 0.1) is 11.5 Å². The maximum atomic E-state index is 12.8. The van der Waals surface area contributed by atoms with Crippen molar-refractivity contribution in [1.82, 2.24) is 0 Å². The van der Waals surface area contributed by atoms with Crippen molar-refractivity contribution in [2.24, 2.45) is 5.73 Å². The van der Waals surface area contributed by atoms with Crippen LogP contribution in [-0.4, -0.2) is 11.7 Å². The van der Waals surface area contributed by atoms with E-state index in [0.29, 0.717) is 22.4 Å². The summed E-state index contributed by atoms with van der Waals surface area (Å²) in [5.74, 6) is -1.03. The number of Topliss-reactive ketones (excluding diaryl/α,β-unsaturated/α-hetero) is 1. The summed E-state index contributed by atoms with van der Waals surface area (Å²) in [6.45, 7) is 1.31. The van der Waals surface area contributed by atoms with Crippen molar-refractivity contribution in [3.63, 3.8) is 0 Å². The molecule has 2 aromatic rings. The summed E-state index contributed by atoms with van der Waals surface area (Å²) in [5.41, 5.74) is 11.4. The van der Waals surface area contributed by atoms with Gasteiger partial charge in [-0.15, -0.1) is 0 Å². The fourth-order valence-electron chi connectivity index (χ4n) is 3.23. The molecule has 1 aliphatic heterocycles. The average Bonchev–Trinajstić information content (AvgIpc) is 3.02. The Hall–Kier alpha value is -3.03. The molecule has 5 nitrogen and oxygen atoms in total. The third-order valence-corrected chi connectivity index (χ3v) is 4.20. The SMILES string of the molecule is CC(N)=O.Nc1cccc2c1C(=O)C1c3ccc(C(F)(F)F)cc3OC21. The highest BCUT2D eigenvalue weighted by Crippen LogP contribution is 2.54. The van der Waals surface area contributed by atoms with Crippen LogP contribution in [0.4, 0.5) is 18.9 Å². The molecule has 8 heteroatoms. The van der Waals surface area contributed by atoms with Crippen molar-refractivity contribution in [2.45, 2.75) is 25.1 Å². The molecule has 0 fully saturated rings. The zero-order valence-electron chi connectivity index (χ0n) is 13.6. The minimum Gasteiger partial charge on any atom is -0.484 e. The molecule has 2 unspecified atom stereocenters. The second-order valence-corrected chi connectivity index (χ2v) is 6.05. The van der Waals surface area contributed by atoms with Crippen LogP contribution in [0.15, 0.2) is 36.4 Å². The highest BCUT2D eigenvalue weighted by atomic mass is 19.4. The van der Waals surface area contributed by atoms with E-state index in [2.05, 4.69) is 5.73 Å². The van der Waals surface area contributed by atoms with E-state index >= 15 is 0 Å². The molecular weight excluding hydrogens is 349 g/mol. The lowest BCUT2D eigenvalue weighted by Gasteiger charge is -2.11. The van der Waals surface area contributed by atoms with Gasteiger partial charge >= 0.3 is 6.18 Å². The monoisotopic (exact) mass is 364 g/mol. The van der Waals surface area contributed by atoms with Gasteiger partial charge in [-0.3, -0.25) is 9.59 Å². The third kappa shape index (κ3) is 2.87. The summed E-state index contributed by atoms with van der Waals surface area (Å²) in [6.07, 6.45) is -5.04. The molecule has 4 rings (SSSR count). The number of carbonyl (C=O) groups is 2. The summed E-state index contributed by atoms with van der Waals surface area (Å²) in [6, 6.07) is 8.31. The van der Waals surface area contributed by atoms with Gasteiger partial charge < -0.3 is 16.2 Å². The molecule has 136 valence electrons. The van der Waals surface area contributed by atoms with Gasteiger partial charge in [0, 0.05) is 29.3 Å². The predicted octanol–water partition coefficient (Wildman–Crippen LogP) is 3.19. The molecule has 2 atom stereocenters. The second-order valence-electron chi connectivity index (χ2n) is 6.05. The number of nitrogen functional groups attached to an aromatic ring is 1. The quantitative estimate of drug-likeness (QED) is 0.702. The summed E-state index contributed by atoms with van der Waals surface area (Å²) >= 11 is 0. The Morgan fingerprint density at radius 3 is 2.42 bits per heavy atom. The highest BCUT2D eigenvalue weighted by Gasteiger charge is 2.49. The van der Waals surface area contributed by atoms with Gasteiger partial charge in [0.25, 0.3) is 0 Å². The van der Waals surface area contributed by atoms with Gasteiger partial charge in [-0.1, -0.05) is 18.2 Å². The molecule has 0 bridgehead atoms. The van der Waals surface area contributed by atoms with E-state index in [1.54, 1.807) is 18.2 Å². The Morgan fingerprint density at radius 2 is 1.81 bits per heavy atom. The van der Waals surface area contributed by atoms with E-state index in [1.807, 2.05) is 0 Å². The molecule has 0 saturated carbocycles. The number of hydrogen-bond acceptors (Lipinski definition) is 4. The number of halogens is 3. The third-order valence-electron chi connectivity index (χ3n) is 4.20. The molecule has 0 saturated heterocycles. The molecule has 1 heterocycles. The number of anilines is 1. The lowest BCUT2D eigenvalue weighted by molar-refractivity contribution is -0.137. The van der Waals surface area contributed by atoms with Crippen LogP contribution in [0.1, 0.15) is 46.0 Å². The number of benzene rings is 2. The Bertz CT molecular complexity index is 905. The Morgan fingerprint density at radius 1 is 1.15 bits per heavy atom. The van der Waals surface area contributed by atoms with Crippen LogP contribution in [-0.2, 0) is 11.0 Å². The second kappa shape index (κ2) is 6.05. The summed E-state index contributed by atoms with van der Waals surface area (Å²) in [7, 11) is 0. The standard InChI is InChI=1S/C16H10F3NO2.C2H5NO/c17-16(18,19)7-4-5-8-11(6-7)22-15-9-2-1-3-10(20)12(9)14(21)13(8)15;1-2(3)4/h1-6,13,15H,20H2;1H3,(H2,3,4). The zero-order valence-corrected chi connectivity index (χ0v) is 13.6. The zero-order chi connectivity index (χ0) is 19.2. The van der Waals surface area contributed by atoms with Crippen molar-refractivity contribution in [3.8, 4) is 5.75 Å². The number of primary amides is 1. The number of ether oxygens (including phenoxy) is 1. The molecule has 1 amide bonds. The smallest absolute Gasteiger partial charge is 0.416 e. The van der Waals surface area contributed by atoms with E-state index in [9.17, 15) is 22.8 Å². The molecule has 0 spiro atoms. The van der Waals surface area contributed by atoms with Crippen LogP contribution in [0.3, 0.4) is 0 Å². The number of ketones is 1. The van der Waals surface area contributed by atoms with Gasteiger partial charge in [0.2, 0.25) is 5.91 Å². The van der Waals surface area contributed by atoms with Gasteiger partial charge in [-0.05, 0) is 18.2 Å². The van der Waals surface area contributed by atoms with E-state index in [-0.39, 0.29) is 17.4 Å². The lowest BCUT2D eigenvalue weighted by Crippen LogP contribution is -2.09. The number of carbonyl (C=O) groups excluding carboxylic acids is 2. The number of fused-ring (bicyclic) bond motifs is 5. The number of nitrogens with two attached hydrogens (primary N) is 2. The van der Waals surface area contributed by atoms with Crippen molar-refractivity contribution >= 4 is 17.4 Å². The van der Waals surface area contributed by atoms with E-state index in [4.69, 9.17) is 10.5 Å². The summed E-state index contributed by atoms with van der Waals surface area (Å²) < 4.78 is 44.0. The first kappa shape index (κ1) is 17.8. The normalized spacial score (nSPS) is 19.6. The number of alkyl halides is 3. The topological polar surface area (TPSA) is 95.4 Å². The minimum absolute atomic E-state index is 0.117. The van der Waals surface area contributed by atoms with Crippen molar-refractivity contribution in [3.05, 3.63) is 58.7 Å². The molecule has 4 N–H and O–H groups in total. The summed E-state index contributed by atoms with van der Waals surface area (Å²) in [4.78, 5) is 21.8. The van der Waals surface area contributed by atoms with Crippen LogP contribution in [0, 0.1) is 0 Å². The number of rotatable bonds is 0. The van der Waals surface area contributed by atoms with Crippen LogP contribution in [0.25, 0.3) is 0 Å². The van der Waals surface area contributed by atoms with Gasteiger partial charge in [-0.2, -0.15) is 13.2 Å². The fraction of sp³-hybridized carbons (Fsp3) is 0.222. The van der Waals surface area contributed by atoms with Crippen molar-refractivity contribution in [1.29, 1.82) is 0 Å². The Kier molecular flexibility index (Phi) is 4.14. The first-order valence-electron chi connectivity index (χ1n) is 7.67. The molecule has 26 heavy (non-hydrogen) atoms. The first-order valence-corrected chi connectivity index (χ1v) is 7.67. The summed E-state index contributed by atoms with van der Waals surface area (Å²) in [5, 5.41) is 0. The fourth-order valence-corrected chi connectivity index (χ4v) is 3.23. The predicted molar refractivity (Wildman–Crippen MR) is 87.6 cm³/mol. The minimum atomic E-state index is -4.44. The maximum Gasteiger partial charge on any atom is 0.416 e. The van der Waals surface area contributed by atoms with Crippen LogP contribution in [0.2, 0.25) is 0 Å². The number of hydrogen-bond donors (Lipinski definition) is 2. The van der Waals surface area contributed by atoms with Crippen LogP contribution in [0.5, 0.6) is 5.75 Å². The Labute approximate surface area is 146 Å². The van der Waals surface area contributed by atoms with Crippen molar-refractivity contribution < 1.29 is 27.5 Å². The van der Waals surface area contributed by atoms with E-state index in [1.165, 1.54) is 13.0 Å². The van der Waals surface area contributed by atoms with Crippen LogP contribution < -0.4 is 16.2 Å². The van der Waals surface area contributed by atoms with Gasteiger partial charge in [0.15, 0.2) is 5.78 Å². The molecule has 2 aromatic carbocycles. The Balaban J connectivity index is 0.000000447. The van der Waals surface area contributed by atoms with Gasteiger partial charge in [0.1, 0.15) is 11.9 Å². The molecule has 0 radical (unpaired) electrons. The first-order chi connectivity index (χ1) is 12.1. The molecular formula is C18H15F3N2O3. The van der Waals surface area contributed by atoms with Crippen molar-refractivity contribution in [2.75, 3.05) is 5.73 Å². The number of amides is 1. The largest absolute Gasteiger partial charge is 0.484 e. The lowest BCUT2D eigenvalue weighted by atomic mass is 9.94.